The minimum Gasteiger partial charge on any atom is -0.478 e. The molecule has 0 aromatic heterocycles. The van der Waals surface area contributed by atoms with Crippen molar-refractivity contribution in [3.8, 4) is 0 Å². The summed E-state index contributed by atoms with van der Waals surface area (Å²) in [6, 6.07) is 5.23. The predicted molar refractivity (Wildman–Crippen MR) is 83.5 cm³/mol. The van der Waals surface area contributed by atoms with E-state index in [4.69, 9.17) is 10.8 Å². The van der Waals surface area contributed by atoms with Gasteiger partial charge in [-0.2, -0.15) is 0 Å². The van der Waals surface area contributed by atoms with Gasteiger partial charge in [0.1, 0.15) is 0 Å². The third kappa shape index (κ3) is 3.87. The van der Waals surface area contributed by atoms with E-state index in [2.05, 4.69) is 16.7 Å². The van der Waals surface area contributed by atoms with Crippen molar-refractivity contribution < 1.29 is 9.90 Å². The summed E-state index contributed by atoms with van der Waals surface area (Å²) in [5, 5.41) is 9.06. The van der Waals surface area contributed by atoms with Gasteiger partial charge in [-0.25, -0.2) is 4.79 Å². The molecule has 1 aromatic carbocycles. The molecule has 5 heteroatoms. The maximum absolute atomic E-state index is 11.0. The molecule has 0 unspecified atom stereocenters. The molecular formula is C15H25N3O2. The molecule has 1 saturated heterocycles. The molecule has 0 aliphatic carbocycles. The minimum absolute atomic E-state index is 0.186. The zero-order chi connectivity index (χ0) is 15.1. The number of carboxylic acid groups (broad SMARTS) is 1. The number of nitrogens with zero attached hydrogens (tertiary/aromatic N) is 2. The fourth-order valence-corrected chi connectivity index (χ4v) is 2.25. The van der Waals surface area contributed by atoms with Crippen molar-refractivity contribution in [2.45, 2.75) is 20.8 Å². The highest BCUT2D eigenvalue weighted by molar-refractivity contribution is 5.94. The van der Waals surface area contributed by atoms with Crippen molar-refractivity contribution in [3.63, 3.8) is 0 Å². The molecule has 3 N–H and O–H groups in total. The minimum atomic E-state index is -0.971. The number of nitrogens with two attached hydrogens (primary N) is 1. The van der Waals surface area contributed by atoms with E-state index in [1.165, 1.54) is 0 Å². The van der Waals surface area contributed by atoms with E-state index in [0.717, 1.165) is 38.4 Å². The van der Waals surface area contributed by atoms with Crippen LogP contribution in [0.25, 0.3) is 0 Å². The molecule has 0 atom stereocenters. The summed E-state index contributed by atoms with van der Waals surface area (Å²) in [5.74, 6) is -0.971. The number of nitrogen functional groups attached to an aromatic ring is 1. The van der Waals surface area contributed by atoms with Gasteiger partial charge in [-0.05, 0) is 24.7 Å². The molecule has 1 aliphatic rings. The maximum Gasteiger partial charge on any atom is 0.337 e. The van der Waals surface area contributed by atoms with E-state index in [1.807, 2.05) is 19.9 Å². The quantitative estimate of drug-likeness (QED) is 0.830. The Morgan fingerprint density at radius 1 is 1.25 bits per heavy atom. The Balaban J connectivity index is 0.000000956. The summed E-state index contributed by atoms with van der Waals surface area (Å²) in [6.07, 6.45) is 0. The second-order valence-electron chi connectivity index (χ2n) is 4.50. The predicted octanol–water partition coefficient (Wildman–Crippen LogP) is 2.14. The van der Waals surface area contributed by atoms with Crippen LogP contribution in [0.5, 0.6) is 0 Å². The highest BCUT2D eigenvalue weighted by atomic mass is 16.4. The largest absolute Gasteiger partial charge is 0.478 e. The van der Waals surface area contributed by atoms with E-state index < -0.39 is 5.97 Å². The number of carbonyl (C=O) groups is 1. The van der Waals surface area contributed by atoms with E-state index in [-0.39, 0.29) is 5.56 Å². The first kappa shape index (κ1) is 16.3. The van der Waals surface area contributed by atoms with Crippen molar-refractivity contribution in [1.29, 1.82) is 0 Å². The highest BCUT2D eigenvalue weighted by Gasteiger charge is 2.17. The van der Waals surface area contributed by atoms with Gasteiger partial charge in [-0.1, -0.05) is 20.8 Å². The monoisotopic (exact) mass is 279 g/mol. The summed E-state index contributed by atoms with van der Waals surface area (Å²) < 4.78 is 0. The number of hydrogen-bond donors (Lipinski definition) is 2. The van der Waals surface area contributed by atoms with Crippen LogP contribution in [0.3, 0.4) is 0 Å². The van der Waals surface area contributed by atoms with Crippen molar-refractivity contribution in [3.05, 3.63) is 23.8 Å². The van der Waals surface area contributed by atoms with Gasteiger partial charge in [0.05, 0.1) is 5.56 Å². The second kappa shape index (κ2) is 7.75. The second-order valence-corrected chi connectivity index (χ2v) is 4.50. The molecule has 0 radical (unpaired) electrons. The SMILES string of the molecule is CC.CCN1CCN(c2ccc(N)c(C(=O)O)c2)CC1. The number of rotatable bonds is 3. The lowest BCUT2D eigenvalue weighted by atomic mass is 10.1. The molecule has 1 aromatic rings. The van der Waals surface area contributed by atoms with E-state index in [9.17, 15) is 4.79 Å². The molecule has 0 bridgehead atoms. The number of anilines is 2. The van der Waals surface area contributed by atoms with Crippen LogP contribution in [0.4, 0.5) is 11.4 Å². The molecule has 112 valence electrons. The summed E-state index contributed by atoms with van der Waals surface area (Å²) in [7, 11) is 0. The molecule has 20 heavy (non-hydrogen) atoms. The van der Waals surface area contributed by atoms with Gasteiger partial charge in [0.2, 0.25) is 0 Å². The summed E-state index contributed by atoms with van der Waals surface area (Å²) >= 11 is 0. The third-order valence-electron chi connectivity index (χ3n) is 3.45. The van der Waals surface area contributed by atoms with Gasteiger partial charge in [0.15, 0.2) is 0 Å². The third-order valence-corrected chi connectivity index (χ3v) is 3.45. The van der Waals surface area contributed by atoms with Gasteiger partial charge in [0.25, 0.3) is 0 Å². The zero-order valence-electron chi connectivity index (χ0n) is 12.6. The van der Waals surface area contributed by atoms with Crippen LogP contribution in [-0.4, -0.2) is 48.7 Å². The lowest BCUT2D eigenvalue weighted by Crippen LogP contribution is -2.46. The molecule has 0 amide bonds. The first-order chi connectivity index (χ1) is 9.61. The van der Waals surface area contributed by atoms with Crippen molar-refractivity contribution >= 4 is 17.3 Å². The average Bonchev–Trinajstić information content (AvgIpc) is 2.49. The Morgan fingerprint density at radius 2 is 1.85 bits per heavy atom. The first-order valence-corrected chi connectivity index (χ1v) is 7.22. The van der Waals surface area contributed by atoms with Crippen LogP contribution >= 0.6 is 0 Å². The number of aromatic carboxylic acids is 1. The Hall–Kier alpha value is -1.75. The van der Waals surface area contributed by atoms with E-state index in [0.29, 0.717) is 5.69 Å². The van der Waals surface area contributed by atoms with Crippen LogP contribution < -0.4 is 10.6 Å². The number of hydrogen-bond acceptors (Lipinski definition) is 4. The normalized spacial score (nSPS) is 15.4. The Kier molecular flexibility index (Phi) is 6.31. The van der Waals surface area contributed by atoms with Crippen molar-refractivity contribution in [2.75, 3.05) is 43.4 Å². The number of benzene rings is 1. The lowest BCUT2D eigenvalue weighted by Gasteiger charge is -2.35. The molecule has 5 nitrogen and oxygen atoms in total. The molecular weight excluding hydrogens is 254 g/mol. The van der Waals surface area contributed by atoms with Crippen LogP contribution in [0, 0.1) is 0 Å². The molecule has 1 heterocycles. The van der Waals surface area contributed by atoms with Gasteiger partial charge >= 0.3 is 5.97 Å². The number of likely N-dealkylation sites (N-methyl/N-ethyl adjacent to an activating group) is 1. The standard InChI is InChI=1S/C13H19N3O2.C2H6/c1-2-15-5-7-16(8-6-15)10-3-4-12(14)11(9-10)13(17)18;1-2/h3-4,9H,2,5-8,14H2,1H3,(H,17,18);1-2H3. The van der Waals surface area contributed by atoms with Gasteiger partial charge in [-0.3, -0.25) is 0 Å². The Morgan fingerprint density at radius 3 is 2.35 bits per heavy atom. The Bertz CT molecular complexity index is 441. The highest BCUT2D eigenvalue weighted by Crippen LogP contribution is 2.22. The zero-order valence-corrected chi connectivity index (χ0v) is 12.6. The molecule has 2 rings (SSSR count). The average molecular weight is 279 g/mol. The van der Waals surface area contributed by atoms with Crippen molar-refractivity contribution in [2.24, 2.45) is 0 Å². The topological polar surface area (TPSA) is 69.8 Å². The van der Waals surface area contributed by atoms with Gasteiger partial charge in [-0.15, -0.1) is 0 Å². The van der Waals surface area contributed by atoms with Crippen LogP contribution in [0.1, 0.15) is 31.1 Å². The summed E-state index contributed by atoms with van der Waals surface area (Å²) in [5.41, 5.74) is 7.10. The molecule has 0 spiro atoms. The maximum atomic E-state index is 11.0. The first-order valence-electron chi connectivity index (χ1n) is 7.22. The molecule has 0 saturated carbocycles. The lowest BCUT2D eigenvalue weighted by molar-refractivity contribution is 0.0698. The Labute approximate surface area is 121 Å². The van der Waals surface area contributed by atoms with E-state index >= 15 is 0 Å². The van der Waals surface area contributed by atoms with Crippen LogP contribution in [0.15, 0.2) is 18.2 Å². The fourth-order valence-electron chi connectivity index (χ4n) is 2.25. The smallest absolute Gasteiger partial charge is 0.337 e. The molecule has 1 aliphatic heterocycles. The number of carboxylic acids is 1. The van der Waals surface area contributed by atoms with Crippen LogP contribution in [-0.2, 0) is 0 Å². The summed E-state index contributed by atoms with van der Waals surface area (Å²) in [6.45, 7) is 11.1. The summed E-state index contributed by atoms with van der Waals surface area (Å²) in [4.78, 5) is 15.6. The molecule has 1 fully saturated rings. The number of piperazine rings is 1. The fraction of sp³-hybridized carbons (Fsp3) is 0.533. The van der Waals surface area contributed by atoms with E-state index in [1.54, 1.807) is 12.1 Å². The van der Waals surface area contributed by atoms with Gasteiger partial charge < -0.3 is 20.6 Å². The van der Waals surface area contributed by atoms with Gasteiger partial charge in [0, 0.05) is 37.6 Å². The van der Waals surface area contributed by atoms with Crippen molar-refractivity contribution in [1.82, 2.24) is 4.90 Å². The van der Waals surface area contributed by atoms with Crippen LogP contribution in [0.2, 0.25) is 0 Å².